The normalized spacial score (nSPS) is 12.2. The van der Waals surface area contributed by atoms with Crippen LogP contribution in [-0.4, -0.2) is 13.3 Å². The molecule has 0 bridgehead atoms. The summed E-state index contributed by atoms with van der Waals surface area (Å²) in [5.74, 6) is 0. The molecule has 0 unspecified atom stereocenters. The SMILES string of the molecule is CC(C)(C)[Si](OCc1cncc(Br)c1)(c1ccccc1)c1ccccc1. The van der Waals surface area contributed by atoms with Gasteiger partial charge in [0, 0.05) is 16.9 Å². The standard InChI is InChI=1S/C22H24BrNOSi/c1-22(2,3)26(20-10-6-4-7-11-20,21-12-8-5-9-13-21)25-17-18-14-19(23)16-24-15-18/h4-16H,17H2,1-3H3. The zero-order valence-corrected chi connectivity index (χ0v) is 18.0. The van der Waals surface area contributed by atoms with E-state index in [-0.39, 0.29) is 5.04 Å². The molecule has 0 aliphatic carbocycles. The predicted octanol–water partition coefficient (Wildman–Crippen LogP) is 4.92. The van der Waals surface area contributed by atoms with Crippen LogP contribution in [0, 0.1) is 0 Å². The molecule has 0 atom stereocenters. The lowest BCUT2D eigenvalue weighted by Gasteiger charge is -2.43. The minimum Gasteiger partial charge on any atom is -0.403 e. The summed E-state index contributed by atoms with van der Waals surface area (Å²) in [4.78, 5) is 4.28. The Morgan fingerprint density at radius 1 is 0.885 bits per heavy atom. The molecule has 3 aromatic rings. The van der Waals surface area contributed by atoms with Crippen LogP contribution in [0.25, 0.3) is 0 Å². The highest BCUT2D eigenvalue weighted by molar-refractivity contribution is 9.10. The maximum absolute atomic E-state index is 6.89. The van der Waals surface area contributed by atoms with E-state index < -0.39 is 8.32 Å². The number of nitrogens with zero attached hydrogens (tertiary/aromatic N) is 1. The Kier molecular flexibility index (Phi) is 5.75. The van der Waals surface area contributed by atoms with E-state index in [0.29, 0.717) is 6.61 Å². The second-order valence-electron chi connectivity index (χ2n) is 7.46. The van der Waals surface area contributed by atoms with Crippen LogP contribution in [-0.2, 0) is 11.0 Å². The minimum absolute atomic E-state index is 0.0187. The molecule has 0 aliphatic heterocycles. The van der Waals surface area contributed by atoms with Crippen LogP contribution in [0.15, 0.2) is 83.6 Å². The van der Waals surface area contributed by atoms with Crippen molar-refractivity contribution in [2.45, 2.75) is 32.4 Å². The van der Waals surface area contributed by atoms with Gasteiger partial charge >= 0.3 is 0 Å². The van der Waals surface area contributed by atoms with E-state index in [1.165, 1.54) is 10.4 Å². The molecule has 134 valence electrons. The van der Waals surface area contributed by atoms with Crippen molar-refractivity contribution in [1.82, 2.24) is 4.98 Å². The van der Waals surface area contributed by atoms with Gasteiger partial charge in [-0.1, -0.05) is 81.4 Å². The van der Waals surface area contributed by atoms with E-state index in [1.807, 2.05) is 6.20 Å². The number of benzene rings is 2. The Balaban J connectivity index is 2.11. The summed E-state index contributed by atoms with van der Waals surface area (Å²) in [5.41, 5.74) is 1.08. The number of hydrogen-bond donors (Lipinski definition) is 0. The first-order chi connectivity index (χ1) is 12.4. The highest BCUT2D eigenvalue weighted by Crippen LogP contribution is 2.37. The fourth-order valence-corrected chi connectivity index (χ4v) is 8.44. The zero-order chi connectivity index (χ0) is 18.6. The van der Waals surface area contributed by atoms with Crippen molar-refractivity contribution in [1.29, 1.82) is 0 Å². The van der Waals surface area contributed by atoms with Crippen molar-refractivity contribution in [2.24, 2.45) is 0 Å². The summed E-state index contributed by atoms with van der Waals surface area (Å²) < 4.78 is 7.86. The van der Waals surface area contributed by atoms with Crippen molar-refractivity contribution in [3.8, 4) is 0 Å². The van der Waals surface area contributed by atoms with Gasteiger partial charge in [-0.15, -0.1) is 0 Å². The summed E-state index contributed by atoms with van der Waals surface area (Å²) in [5, 5.41) is 2.57. The van der Waals surface area contributed by atoms with Gasteiger partial charge in [0.1, 0.15) is 0 Å². The van der Waals surface area contributed by atoms with Crippen molar-refractivity contribution in [3.63, 3.8) is 0 Å². The highest BCUT2D eigenvalue weighted by atomic mass is 79.9. The summed E-state index contributed by atoms with van der Waals surface area (Å²) in [6.45, 7) is 7.41. The van der Waals surface area contributed by atoms with Gasteiger partial charge in [-0.3, -0.25) is 4.98 Å². The Hall–Kier alpha value is -1.75. The molecule has 4 heteroatoms. The predicted molar refractivity (Wildman–Crippen MR) is 114 cm³/mol. The maximum atomic E-state index is 6.89. The second kappa shape index (κ2) is 7.87. The van der Waals surface area contributed by atoms with Crippen LogP contribution in [0.1, 0.15) is 26.3 Å². The van der Waals surface area contributed by atoms with Gasteiger partial charge in [0.05, 0.1) is 6.61 Å². The minimum atomic E-state index is -2.49. The van der Waals surface area contributed by atoms with Gasteiger partial charge in [-0.05, 0) is 43.0 Å². The molecular weight excluding hydrogens is 402 g/mol. The molecule has 0 amide bonds. The highest BCUT2D eigenvalue weighted by Gasteiger charge is 2.50. The fraction of sp³-hybridized carbons (Fsp3) is 0.227. The topological polar surface area (TPSA) is 22.1 Å². The van der Waals surface area contributed by atoms with Gasteiger partial charge in [0.15, 0.2) is 0 Å². The van der Waals surface area contributed by atoms with E-state index in [9.17, 15) is 0 Å². The molecule has 0 N–H and O–H groups in total. The summed E-state index contributed by atoms with van der Waals surface area (Å²) in [6.07, 6.45) is 3.68. The molecule has 2 aromatic carbocycles. The van der Waals surface area contributed by atoms with Crippen LogP contribution >= 0.6 is 15.9 Å². The van der Waals surface area contributed by atoms with Gasteiger partial charge in [0.25, 0.3) is 8.32 Å². The molecule has 0 saturated heterocycles. The lowest BCUT2D eigenvalue weighted by Crippen LogP contribution is -2.66. The molecule has 0 radical (unpaired) electrons. The average Bonchev–Trinajstić information content (AvgIpc) is 2.63. The monoisotopic (exact) mass is 425 g/mol. The van der Waals surface area contributed by atoms with E-state index in [1.54, 1.807) is 6.20 Å². The summed E-state index contributed by atoms with van der Waals surface area (Å²) in [7, 11) is -2.49. The Morgan fingerprint density at radius 2 is 1.42 bits per heavy atom. The summed E-state index contributed by atoms with van der Waals surface area (Å²) in [6, 6.07) is 23.5. The molecule has 26 heavy (non-hydrogen) atoms. The summed E-state index contributed by atoms with van der Waals surface area (Å²) >= 11 is 3.51. The third-order valence-electron chi connectivity index (χ3n) is 4.63. The Labute approximate surface area is 165 Å². The smallest absolute Gasteiger partial charge is 0.261 e. The number of rotatable bonds is 5. The van der Waals surface area contributed by atoms with Gasteiger partial charge in [-0.2, -0.15) is 0 Å². The number of hydrogen-bond acceptors (Lipinski definition) is 2. The van der Waals surface area contributed by atoms with Crippen LogP contribution in [0.5, 0.6) is 0 Å². The third kappa shape index (κ3) is 3.82. The van der Waals surface area contributed by atoms with Crippen molar-refractivity contribution >= 4 is 34.6 Å². The maximum Gasteiger partial charge on any atom is 0.261 e. The molecule has 1 aromatic heterocycles. The van der Waals surface area contributed by atoms with Gasteiger partial charge in [-0.25, -0.2) is 0 Å². The molecule has 0 spiro atoms. The molecule has 1 heterocycles. The van der Waals surface area contributed by atoms with Gasteiger partial charge < -0.3 is 4.43 Å². The van der Waals surface area contributed by atoms with Gasteiger partial charge in [0.2, 0.25) is 0 Å². The fourth-order valence-electron chi connectivity index (χ4n) is 3.49. The number of pyridine rings is 1. The molecule has 0 fully saturated rings. The molecule has 0 saturated carbocycles. The Bertz CT molecular complexity index is 807. The molecule has 2 nitrogen and oxygen atoms in total. The third-order valence-corrected chi connectivity index (χ3v) is 10.0. The second-order valence-corrected chi connectivity index (χ2v) is 12.7. The van der Waals surface area contributed by atoms with Crippen LogP contribution < -0.4 is 10.4 Å². The molecular formula is C22H24BrNOSi. The lowest BCUT2D eigenvalue weighted by atomic mass is 10.2. The van der Waals surface area contributed by atoms with E-state index in [2.05, 4.69) is 108 Å². The van der Waals surface area contributed by atoms with E-state index in [0.717, 1.165) is 10.0 Å². The van der Waals surface area contributed by atoms with Crippen molar-refractivity contribution < 1.29 is 4.43 Å². The molecule has 3 rings (SSSR count). The first-order valence-electron chi connectivity index (χ1n) is 8.78. The van der Waals surface area contributed by atoms with Crippen molar-refractivity contribution in [3.05, 3.63) is 89.2 Å². The number of halogens is 1. The number of aromatic nitrogens is 1. The first kappa shape index (κ1) is 19.0. The first-order valence-corrected chi connectivity index (χ1v) is 11.5. The zero-order valence-electron chi connectivity index (χ0n) is 15.4. The largest absolute Gasteiger partial charge is 0.403 e. The van der Waals surface area contributed by atoms with E-state index in [4.69, 9.17) is 4.43 Å². The van der Waals surface area contributed by atoms with Crippen LogP contribution in [0.2, 0.25) is 5.04 Å². The lowest BCUT2D eigenvalue weighted by molar-refractivity contribution is 0.286. The van der Waals surface area contributed by atoms with Crippen LogP contribution in [0.4, 0.5) is 0 Å². The van der Waals surface area contributed by atoms with Crippen molar-refractivity contribution in [2.75, 3.05) is 0 Å². The van der Waals surface area contributed by atoms with E-state index >= 15 is 0 Å². The molecule has 0 aliphatic rings. The average molecular weight is 426 g/mol. The Morgan fingerprint density at radius 3 is 1.88 bits per heavy atom. The quantitative estimate of drug-likeness (QED) is 0.541. The van der Waals surface area contributed by atoms with Crippen LogP contribution in [0.3, 0.4) is 0 Å².